The first-order valence-electron chi connectivity index (χ1n) is 5.27. The van der Waals surface area contributed by atoms with Gasteiger partial charge < -0.3 is 4.52 Å². The Kier molecular flexibility index (Phi) is 2.49. The van der Waals surface area contributed by atoms with Gasteiger partial charge in [0.1, 0.15) is 10.8 Å². The van der Waals surface area contributed by atoms with Gasteiger partial charge in [0.05, 0.1) is 16.6 Å². The van der Waals surface area contributed by atoms with Crippen molar-refractivity contribution in [1.82, 2.24) is 10.1 Å². The van der Waals surface area contributed by atoms with E-state index in [9.17, 15) is 0 Å². The van der Waals surface area contributed by atoms with Crippen LogP contribution in [-0.4, -0.2) is 10.1 Å². The molecule has 0 aliphatic heterocycles. The van der Waals surface area contributed by atoms with Crippen molar-refractivity contribution in [2.75, 3.05) is 0 Å². The van der Waals surface area contributed by atoms with E-state index in [0.29, 0.717) is 0 Å². The summed E-state index contributed by atoms with van der Waals surface area (Å²) in [6.45, 7) is 1.91. The molecule has 3 rings (SSSR count). The third-order valence-electron chi connectivity index (χ3n) is 2.54. The molecule has 3 aromatic rings. The van der Waals surface area contributed by atoms with Crippen molar-refractivity contribution in [1.29, 1.82) is 0 Å². The summed E-state index contributed by atoms with van der Waals surface area (Å²) in [5.74, 6) is 0.827. The van der Waals surface area contributed by atoms with Gasteiger partial charge in [-0.2, -0.15) is 0 Å². The van der Waals surface area contributed by atoms with Gasteiger partial charge in [-0.3, -0.25) is 0 Å². The van der Waals surface area contributed by atoms with Gasteiger partial charge in [0, 0.05) is 11.8 Å². The lowest BCUT2D eigenvalue weighted by atomic mass is 10.2. The van der Waals surface area contributed by atoms with E-state index in [0.717, 1.165) is 26.8 Å². The predicted octanol–water partition coefficient (Wildman–Crippen LogP) is 3.77. The van der Waals surface area contributed by atoms with E-state index < -0.39 is 0 Å². The van der Waals surface area contributed by atoms with Gasteiger partial charge in [-0.1, -0.05) is 35.5 Å². The van der Waals surface area contributed by atoms with Gasteiger partial charge in [0.25, 0.3) is 0 Å². The number of benzene rings is 1. The Morgan fingerprint density at radius 2 is 1.94 bits per heavy atom. The molecule has 0 aliphatic carbocycles. The third kappa shape index (κ3) is 1.87. The fraction of sp³-hybridized carbons (Fsp3) is 0.0769. The molecular formula is C13H10N2OS. The van der Waals surface area contributed by atoms with Crippen molar-refractivity contribution in [2.24, 2.45) is 0 Å². The Labute approximate surface area is 103 Å². The van der Waals surface area contributed by atoms with E-state index in [2.05, 4.69) is 22.3 Å². The number of thiazole rings is 1. The molecule has 0 saturated carbocycles. The highest BCUT2D eigenvalue weighted by Gasteiger charge is 2.10. The minimum absolute atomic E-state index is 0.827. The standard InChI is InChI=1S/C13H10N2OS/c1-9-11(7-15-16-9)12-8-14-13(17-12)10-5-3-2-4-6-10/h2-8H,1H3. The summed E-state index contributed by atoms with van der Waals surface area (Å²) in [5, 5.41) is 4.80. The molecule has 0 spiro atoms. The Hall–Kier alpha value is -1.94. The highest BCUT2D eigenvalue weighted by Crippen LogP contribution is 2.33. The smallest absolute Gasteiger partial charge is 0.142 e. The second-order valence-electron chi connectivity index (χ2n) is 3.69. The SMILES string of the molecule is Cc1oncc1-c1cnc(-c2ccccc2)s1. The lowest BCUT2D eigenvalue weighted by molar-refractivity contribution is 0.398. The highest BCUT2D eigenvalue weighted by molar-refractivity contribution is 7.18. The second-order valence-corrected chi connectivity index (χ2v) is 4.72. The fourth-order valence-electron chi connectivity index (χ4n) is 1.65. The molecule has 0 saturated heterocycles. The molecule has 2 heterocycles. The number of hydrogen-bond donors (Lipinski definition) is 0. The van der Waals surface area contributed by atoms with Crippen LogP contribution in [-0.2, 0) is 0 Å². The molecule has 84 valence electrons. The third-order valence-corrected chi connectivity index (χ3v) is 3.62. The van der Waals surface area contributed by atoms with Gasteiger partial charge in [-0.25, -0.2) is 4.98 Å². The normalized spacial score (nSPS) is 10.6. The predicted molar refractivity (Wildman–Crippen MR) is 67.8 cm³/mol. The van der Waals surface area contributed by atoms with E-state index in [1.54, 1.807) is 17.5 Å². The summed E-state index contributed by atoms with van der Waals surface area (Å²) in [7, 11) is 0. The van der Waals surface area contributed by atoms with Crippen LogP contribution in [0.15, 0.2) is 47.2 Å². The van der Waals surface area contributed by atoms with Crippen LogP contribution in [0.4, 0.5) is 0 Å². The second kappa shape index (κ2) is 4.14. The van der Waals surface area contributed by atoms with Crippen LogP contribution in [0.25, 0.3) is 21.0 Å². The highest BCUT2D eigenvalue weighted by atomic mass is 32.1. The molecule has 1 aromatic carbocycles. The first-order valence-corrected chi connectivity index (χ1v) is 6.09. The van der Waals surface area contributed by atoms with E-state index in [-0.39, 0.29) is 0 Å². The molecule has 0 N–H and O–H groups in total. The maximum Gasteiger partial charge on any atom is 0.142 e. The molecule has 2 aromatic heterocycles. The molecule has 0 atom stereocenters. The zero-order chi connectivity index (χ0) is 11.7. The van der Waals surface area contributed by atoms with E-state index in [1.165, 1.54) is 0 Å². The molecule has 0 unspecified atom stereocenters. The summed E-state index contributed by atoms with van der Waals surface area (Å²) >= 11 is 1.65. The van der Waals surface area contributed by atoms with Crippen LogP contribution < -0.4 is 0 Å². The van der Waals surface area contributed by atoms with Crippen LogP contribution >= 0.6 is 11.3 Å². The number of rotatable bonds is 2. The number of hydrogen-bond acceptors (Lipinski definition) is 4. The van der Waals surface area contributed by atoms with E-state index in [1.807, 2.05) is 31.3 Å². The molecular weight excluding hydrogens is 232 g/mol. The fourth-order valence-corrected chi connectivity index (χ4v) is 2.63. The van der Waals surface area contributed by atoms with Crippen molar-refractivity contribution < 1.29 is 4.52 Å². The van der Waals surface area contributed by atoms with Crippen molar-refractivity contribution in [3.05, 3.63) is 48.5 Å². The molecule has 0 aliphatic rings. The summed E-state index contributed by atoms with van der Waals surface area (Å²) in [6.07, 6.45) is 3.60. The molecule has 17 heavy (non-hydrogen) atoms. The Bertz CT molecular complexity index is 628. The lowest BCUT2D eigenvalue weighted by Gasteiger charge is -1.93. The van der Waals surface area contributed by atoms with E-state index in [4.69, 9.17) is 4.52 Å². The molecule has 0 bridgehead atoms. The summed E-state index contributed by atoms with van der Waals surface area (Å²) < 4.78 is 5.06. The van der Waals surface area contributed by atoms with E-state index >= 15 is 0 Å². The Morgan fingerprint density at radius 3 is 2.65 bits per heavy atom. The molecule has 0 radical (unpaired) electrons. The van der Waals surface area contributed by atoms with Crippen LogP contribution in [0.2, 0.25) is 0 Å². The van der Waals surface area contributed by atoms with Crippen LogP contribution in [0, 0.1) is 6.92 Å². The summed E-state index contributed by atoms with van der Waals surface area (Å²) in [4.78, 5) is 5.52. The van der Waals surface area contributed by atoms with Gasteiger partial charge in [-0.05, 0) is 6.92 Å². The zero-order valence-corrected chi connectivity index (χ0v) is 10.1. The quantitative estimate of drug-likeness (QED) is 0.686. The van der Waals surface area contributed by atoms with Crippen LogP contribution in [0.5, 0.6) is 0 Å². The molecule has 3 nitrogen and oxygen atoms in total. The Balaban J connectivity index is 2.02. The number of aromatic nitrogens is 2. The lowest BCUT2D eigenvalue weighted by Crippen LogP contribution is -1.71. The molecule has 0 fully saturated rings. The summed E-state index contributed by atoms with van der Waals surface area (Å²) in [5.41, 5.74) is 2.16. The van der Waals surface area contributed by atoms with Crippen molar-refractivity contribution in [3.8, 4) is 21.0 Å². The minimum atomic E-state index is 0.827. The van der Waals surface area contributed by atoms with Gasteiger partial charge in [0.15, 0.2) is 0 Å². The zero-order valence-electron chi connectivity index (χ0n) is 9.25. The Morgan fingerprint density at radius 1 is 1.12 bits per heavy atom. The monoisotopic (exact) mass is 242 g/mol. The minimum Gasteiger partial charge on any atom is -0.361 e. The average Bonchev–Trinajstić information content (AvgIpc) is 2.98. The largest absolute Gasteiger partial charge is 0.361 e. The van der Waals surface area contributed by atoms with Crippen LogP contribution in [0.1, 0.15) is 5.76 Å². The summed E-state index contributed by atoms with van der Waals surface area (Å²) in [6, 6.07) is 10.1. The van der Waals surface area contributed by atoms with Gasteiger partial charge >= 0.3 is 0 Å². The van der Waals surface area contributed by atoms with Crippen molar-refractivity contribution in [2.45, 2.75) is 6.92 Å². The van der Waals surface area contributed by atoms with Crippen LogP contribution in [0.3, 0.4) is 0 Å². The van der Waals surface area contributed by atoms with Crippen molar-refractivity contribution in [3.63, 3.8) is 0 Å². The first kappa shape index (κ1) is 10.2. The maximum atomic E-state index is 5.06. The first-order chi connectivity index (χ1) is 8.34. The van der Waals surface area contributed by atoms with Gasteiger partial charge in [-0.15, -0.1) is 11.3 Å². The number of nitrogens with zero attached hydrogens (tertiary/aromatic N) is 2. The maximum absolute atomic E-state index is 5.06. The van der Waals surface area contributed by atoms with Gasteiger partial charge in [0.2, 0.25) is 0 Å². The molecule has 0 amide bonds. The van der Waals surface area contributed by atoms with Crippen molar-refractivity contribution >= 4 is 11.3 Å². The average molecular weight is 242 g/mol. The topological polar surface area (TPSA) is 38.9 Å². The molecule has 4 heteroatoms. The number of aryl methyl sites for hydroxylation is 1.